The van der Waals surface area contributed by atoms with Crippen LogP contribution in [0.5, 0.6) is 0 Å². The largest absolute Gasteiger partial charge is 0.444 e. The van der Waals surface area contributed by atoms with E-state index in [9.17, 15) is 4.79 Å². The smallest absolute Gasteiger partial charge is 0.407 e. The summed E-state index contributed by atoms with van der Waals surface area (Å²) in [5, 5.41) is 9.17. The molecule has 0 fully saturated rings. The monoisotopic (exact) mass is 476 g/mol. The molecule has 0 aliphatic heterocycles. The molecule has 6 nitrogen and oxygen atoms in total. The molecule has 0 aliphatic rings. The van der Waals surface area contributed by atoms with Gasteiger partial charge in [-0.1, -0.05) is 37.3 Å². The highest BCUT2D eigenvalue weighted by Gasteiger charge is 2.15. The number of hydrogen-bond donors (Lipinski definition) is 3. The minimum atomic E-state index is -0.482. The molecule has 148 valence electrons. The molecule has 3 N–H and O–H groups in total. The van der Waals surface area contributed by atoms with Gasteiger partial charge in [-0.3, -0.25) is 4.99 Å². The number of nitrogens with one attached hydrogen (secondary N) is 3. The topological polar surface area (TPSA) is 74.8 Å². The van der Waals surface area contributed by atoms with Crippen molar-refractivity contribution in [2.75, 3.05) is 26.7 Å². The van der Waals surface area contributed by atoms with Crippen LogP contribution in [0.4, 0.5) is 4.79 Å². The molecule has 0 spiro atoms. The minimum absolute atomic E-state index is 0. The predicted octanol–water partition coefficient (Wildman–Crippen LogP) is 3.49. The number of carbonyl (C=O) groups is 1. The fourth-order valence-electron chi connectivity index (χ4n) is 2.24. The molecule has 1 unspecified atom stereocenters. The van der Waals surface area contributed by atoms with Gasteiger partial charge in [0, 0.05) is 26.7 Å². The van der Waals surface area contributed by atoms with Crippen molar-refractivity contribution in [1.82, 2.24) is 16.0 Å². The van der Waals surface area contributed by atoms with E-state index >= 15 is 0 Å². The fraction of sp³-hybridized carbons (Fsp3) is 0.579. The van der Waals surface area contributed by atoms with E-state index in [4.69, 9.17) is 4.74 Å². The van der Waals surface area contributed by atoms with Crippen molar-refractivity contribution in [2.24, 2.45) is 4.99 Å². The molecular weight excluding hydrogens is 443 g/mol. The molecule has 0 aromatic heterocycles. The van der Waals surface area contributed by atoms with Crippen LogP contribution in [0.25, 0.3) is 0 Å². The average Bonchev–Trinajstić information content (AvgIpc) is 2.56. The maximum absolute atomic E-state index is 11.5. The minimum Gasteiger partial charge on any atom is -0.444 e. The Morgan fingerprint density at radius 1 is 1.08 bits per heavy atom. The number of nitrogens with zero attached hydrogens (tertiary/aromatic N) is 1. The number of benzene rings is 1. The quantitative estimate of drug-likeness (QED) is 0.244. The first-order valence-electron chi connectivity index (χ1n) is 8.78. The van der Waals surface area contributed by atoms with Gasteiger partial charge < -0.3 is 20.7 Å². The Balaban J connectivity index is 0.00000625. The van der Waals surface area contributed by atoms with E-state index in [2.05, 4.69) is 52.1 Å². The summed E-state index contributed by atoms with van der Waals surface area (Å²) in [7, 11) is 1.73. The van der Waals surface area contributed by atoms with Gasteiger partial charge in [0.2, 0.25) is 0 Å². The van der Waals surface area contributed by atoms with Crippen LogP contribution >= 0.6 is 24.0 Å². The molecule has 1 rings (SSSR count). The first-order valence-corrected chi connectivity index (χ1v) is 8.78. The van der Waals surface area contributed by atoms with Crippen LogP contribution in [-0.2, 0) is 4.74 Å². The third-order valence-electron chi connectivity index (χ3n) is 3.55. The van der Waals surface area contributed by atoms with Gasteiger partial charge >= 0.3 is 6.09 Å². The van der Waals surface area contributed by atoms with Crippen LogP contribution in [-0.4, -0.2) is 44.3 Å². The number of guanidine groups is 1. The summed E-state index contributed by atoms with van der Waals surface area (Å²) < 4.78 is 5.18. The second-order valence-corrected chi connectivity index (χ2v) is 6.95. The lowest BCUT2D eigenvalue weighted by molar-refractivity contribution is 0.0529. The number of aliphatic imine (C=N–C) groups is 1. The molecule has 0 bridgehead atoms. The van der Waals surface area contributed by atoms with E-state index in [0.29, 0.717) is 19.0 Å². The van der Waals surface area contributed by atoms with Crippen molar-refractivity contribution >= 4 is 36.0 Å². The van der Waals surface area contributed by atoms with Crippen molar-refractivity contribution < 1.29 is 9.53 Å². The Morgan fingerprint density at radius 2 is 1.65 bits per heavy atom. The van der Waals surface area contributed by atoms with Crippen molar-refractivity contribution in [1.29, 1.82) is 0 Å². The Labute approximate surface area is 174 Å². The van der Waals surface area contributed by atoms with Gasteiger partial charge in [0.1, 0.15) is 5.60 Å². The van der Waals surface area contributed by atoms with Crippen LogP contribution in [0.1, 0.15) is 45.6 Å². The van der Waals surface area contributed by atoms with Crippen LogP contribution < -0.4 is 16.0 Å². The Bertz CT molecular complexity index is 544. The van der Waals surface area contributed by atoms with Crippen molar-refractivity contribution in [3.8, 4) is 0 Å². The van der Waals surface area contributed by atoms with Crippen LogP contribution in [0.3, 0.4) is 0 Å². The lowest BCUT2D eigenvalue weighted by Gasteiger charge is -2.20. The van der Waals surface area contributed by atoms with Crippen molar-refractivity contribution in [3.05, 3.63) is 35.9 Å². The van der Waals surface area contributed by atoms with Gasteiger partial charge in [0.05, 0.1) is 0 Å². The second kappa shape index (κ2) is 12.8. The van der Waals surface area contributed by atoms with E-state index in [1.54, 1.807) is 7.05 Å². The van der Waals surface area contributed by atoms with E-state index in [1.807, 2.05) is 26.8 Å². The fourth-order valence-corrected chi connectivity index (χ4v) is 2.24. The molecule has 1 aromatic rings. The molecule has 26 heavy (non-hydrogen) atoms. The Kier molecular flexibility index (Phi) is 12.0. The van der Waals surface area contributed by atoms with E-state index in [-0.39, 0.29) is 24.0 Å². The molecule has 0 saturated heterocycles. The summed E-state index contributed by atoms with van der Waals surface area (Å²) >= 11 is 0. The number of alkyl carbamates (subject to hydrolysis) is 1. The van der Waals surface area contributed by atoms with Gasteiger partial charge in [-0.2, -0.15) is 0 Å². The standard InChI is InChI=1S/C19H32N4O2.HI/c1-15(16-9-7-6-8-10-16)11-12-21-17(20-5)22-13-14-23-18(24)25-19(2,3)4;/h6-10,15H,11-14H2,1-5H3,(H,23,24)(H2,20,21,22);1H. The highest BCUT2D eigenvalue weighted by atomic mass is 127. The number of ether oxygens (including phenoxy) is 1. The third-order valence-corrected chi connectivity index (χ3v) is 3.55. The van der Waals surface area contributed by atoms with E-state index in [1.165, 1.54) is 5.56 Å². The zero-order chi connectivity index (χ0) is 18.7. The summed E-state index contributed by atoms with van der Waals surface area (Å²) in [6.07, 6.45) is 0.606. The second-order valence-electron chi connectivity index (χ2n) is 6.95. The first-order chi connectivity index (χ1) is 11.8. The third kappa shape index (κ3) is 11.2. The lowest BCUT2D eigenvalue weighted by Crippen LogP contribution is -2.42. The summed E-state index contributed by atoms with van der Waals surface area (Å²) in [5.41, 5.74) is 0.860. The molecule has 0 saturated carbocycles. The maximum Gasteiger partial charge on any atom is 0.407 e. The normalized spacial score (nSPS) is 12.6. The Morgan fingerprint density at radius 3 is 2.23 bits per heavy atom. The first kappa shape index (κ1) is 24.5. The Hall–Kier alpha value is -1.51. The lowest BCUT2D eigenvalue weighted by atomic mass is 9.98. The number of amides is 1. The molecule has 1 aromatic carbocycles. The average molecular weight is 476 g/mol. The van der Waals surface area contributed by atoms with Crippen molar-refractivity contribution in [3.63, 3.8) is 0 Å². The molecular formula is C19H33IN4O2. The molecule has 1 atom stereocenters. The van der Waals surface area contributed by atoms with Gasteiger partial charge in [-0.25, -0.2) is 4.79 Å². The van der Waals surface area contributed by atoms with E-state index in [0.717, 1.165) is 18.9 Å². The number of carbonyl (C=O) groups excluding carboxylic acids is 1. The van der Waals surface area contributed by atoms with E-state index < -0.39 is 11.7 Å². The summed E-state index contributed by atoms with van der Waals surface area (Å²) in [5.74, 6) is 1.21. The highest BCUT2D eigenvalue weighted by Crippen LogP contribution is 2.17. The SMILES string of the molecule is CN=C(NCCNC(=O)OC(C)(C)C)NCCC(C)c1ccccc1.I. The molecule has 0 radical (unpaired) electrons. The van der Waals surface area contributed by atoms with Gasteiger partial charge in [-0.05, 0) is 38.7 Å². The molecule has 0 heterocycles. The zero-order valence-electron chi connectivity index (χ0n) is 16.5. The number of hydrogen-bond acceptors (Lipinski definition) is 3. The van der Waals surface area contributed by atoms with Gasteiger partial charge in [-0.15, -0.1) is 24.0 Å². The maximum atomic E-state index is 11.5. The summed E-state index contributed by atoms with van der Waals surface area (Å²) in [6.45, 7) is 9.61. The number of rotatable bonds is 7. The van der Waals surface area contributed by atoms with Gasteiger partial charge in [0.15, 0.2) is 5.96 Å². The van der Waals surface area contributed by atoms with Gasteiger partial charge in [0.25, 0.3) is 0 Å². The molecule has 1 amide bonds. The van der Waals surface area contributed by atoms with Crippen LogP contribution in [0.15, 0.2) is 35.3 Å². The molecule has 0 aliphatic carbocycles. The van der Waals surface area contributed by atoms with Crippen LogP contribution in [0.2, 0.25) is 0 Å². The van der Waals surface area contributed by atoms with Crippen molar-refractivity contribution in [2.45, 2.75) is 45.6 Å². The predicted molar refractivity (Wildman–Crippen MR) is 118 cm³/mol. The zero-order valence-corrected chi connectivity index (χ0v) is 18.8. The summed E-state index contributed by atoms with van der Waals surface area (Å²) in [4.78, 5) is 15.7. The van der Waals surface area contributed by atoms with Crippen LogP contribution in [0, 0.1) is 0 Å². The highest BCUT2D eigenvalue weighted by molar-refractivity contribution is 14.0. The summed E-state index contributed by atoms with van der Waals surface area (Å²) in [6, 6.07) is 10.5. The molecule has 7 heteroatoms. The number of halogens is 1.